The maximum absolute atomic E-state index is 12.2. The fourth-order valence-electron chi connectivity index (χ4n) is 2.39. The molecule has 1 fully saturated rings. The number of rotatable bonds is 7. The average molecular weight is 334 g/mol. The highest BCUT2D eigenvalue weighted by atomic mass is 16.5. The third-order valence-corrected chi connectivity index (χ3v) is 3.71. The second kappa shape index (κ2) is 9.02. The molecule has 7 nitrogen and oxygen atoms in total. The molecule has 0 aliphatic carbocycles. The molecule has 0 aromatic heterocycles. The molecule has 1 aliphatic rings. The minimum atomic E-state index is -0.438. The van der Waals surface area contributed by atoms with Gasteiger partial charge in [-0.05, 0) is 31.0 Å². The van der Waals surface area contributed by atoms with E-state index in [4.69, 9.17) is 4.74 Å². The SMILES string of the molecule is COC(=O)CCC(=O)Nc1cccc(C(=O)NCC2CCCO2)c1. The lowest BCUT2D eigenvalue weighted by atomic mass is 10.1. The highest BCUT2D eigenvalue weighted by molar-refractivity contribution is 5.97. The van der Waals surface area contributed by atoms with Crippen LogP contribution in [0.15, 0.2) is 24.3 Å². The van der Waals surface area contributed by atoms with Crippen LogP contribution >= 0.6 is 0 Å². The molecular formula is C17H22N2O5. The standard InChI is InChI=1S/C17H22N2O5/c1-23-16(21)8-7-15(20)19-13-5-2-4-12(10-13)17(22)18-11-14-6-3-9-24-14/h2,4-5,10,14H,3,6-9,11H2,1H3,(H,18,22)(H,19,20). The number of hydrogen-bond acceptors (Lipinski definition) is 5. The summed E-state index contributed by atoms with van der Waals surface area (Å²) in [5, 5.41) is 5.49. The Labute approximate surface area is 140 Å². The molecule has 0 bridgehead atoms. The van der Waals surface area contributed by atoms with Gasteiger partial charge in [0.2, 0.25) is 5.91 Å². The van der Waals surface area contributed by atoms with Crippen LogP contribution in [-0.4, -0.2) is 44.1 Å². The van der Waals surface area contributed by atoms with Crippen LogP contribution in [0.1, 0.15) is 36.0 Å². The molecular weight excluding hydrogens is 312 g/mol. The number of hydrogen-bond donors (Lipinski definition) is 2. The van der Waals surface area contributed by atoms with Gasteiger partial charge in [-0.2, -0.15) is 0 Å². The van der Waals surface area contributed by atoms with Crippen LogP contribution < -0.4 is 10.6 Å². The van der Waals surface area contributed by atoms with Gasteiger partial charge in [0.05, 0.1) is 19.6 Å². The lowest BCUT2D eigenvalue weighted by Gasteiger charge is -2.11. The summed E-state index contributed by atoms with van der Waals surface area (Å²) in [5.74, 6) is -0.958. The van der Waals surface area contributed by atoms with Crippen molar-refractivity contribution in [2.45, 2.75) is 31.8 Å². The molecule has 2 N–H and O–H groups in total. The molecule has 1 heterocycles. The molecule has 130 valence electrons. The van der Waals surface area contributed by atoms with Crippen molar-refractivity contribution in [2.24, 2.45) is 0 Å². The van der Waals surface area contributed by atoms with Crippen molar-refractivity contribution in [3.63, 3.8) is 0 Å². The molecule has 2 amide bonds. The number of carbonyl (C=O) groups excluding carboxylic acids is 3. The average Bonchev–Trinajstić information content (AvgIpc) is 3.11. The monoisotopic (exact) mass is 334 g/mol. The largest absolute Gasteiger partial charge is 0.469 e. The van der Waals surface area contributed by atoms with Gasteiger partial charge in [0, 0.05) is 30.8 Å². The first-order valence-electron chi connectivity index (χ1n) is 7.95. The number of ether oxygens (including phenoxy) is 2. The lowest BCUT2D eigenvalue weighted by molar-refractivity contribution is -0.141. The number of benzene rings is 1. The molecule has 2 rings (SSSR count). The Morgan fingerprint density at radius 2 is 2.12 bits per heavy atom. The second-order valence-corrected chi connectivity index (χ2v) is 5.55. The van der Waals surface area contributed by atoms with E-state index in [9.17, 15) is 14.4 Å². The highest BCUT2D eigenvalue weighted by Crippen LogP contribution is 2.13. The maximum atomic E-state index is 12.2. The Balaban J connectivity index is 1.84. The zero-order chi connectivity index (χ0) is 17.4. The fourth-order valence-corrected chi connectivity index (χ4v) is 2.39. The second-order valence-electron chi connectivity index (χ2n) is 5.55. The Kier molecular flexibility index (Phi) is 6.74. The van der Waals surface area contributed by atoms with Gasteiger partial charge >= 0.3 is 5.97 Å². The predicted octanol–water partition coefficient (Wildman–Crippen LogP) is 1.49. The molecule has 1 aliphatic heterocycles. The molecule has 0 spiro atoms. The van der Waals surface area contributed by atoms with Crippen molar-refractivity contribution in [3.05, 3.63) is 29.8 Å². The Bertz CT molecular complexity index is 596. The van der Waals surface area contributed by atoms with Crippen molar-refractivity contribution in [3.8, 4) is 0 Å². The van der Waals surface area contributed by atoms with Crippen LogP contribution in [0.2, 0.25) is 0 Å². The van der Waals surface area contributed by atoms with Crippen molar-refractivity contribution in [1.82, 2.24) is 5.32 Å². The molecule has 1 atom stereocenters. The van der Waals surface area contributed by atoms with E-state index in [1.54, 1.807) is 24.3 Å². The minimum absolute atomic E-state index is 0.0178. The summed E-state index contributed by atoms with van der Waals surface area (Å²) in [4.78, 5) is 35.0. The normalized spacial score (nSPS) is 16.5. The van der Waals surface area contributed by atoms with Crippen LogP contribution in [-0.2, 0) is 19.1 Å². The maximum Gasteiger partial charge on any atom is 0.306 e. The molecule has 7 heteroatoms. The first kappa shape index (κ1) is 17.9. The van der Waals surface area contributed by atoms with E-state index in [2.05, 4.69) is 15.4 Å². The van der Waals surface area contributed by atoms with E-state index < -0.39 is 5.97 Å². The number of nitrogens with one attached hydrogen (secondary N) is 2. The van der Waals surface area contributed by atoms with Gasteiger partial charge in [0.25, 0.3) is 5.91 Å². The molecule has 1 aromatic rings. The molecule has 1 saturated heterocycles. The Morgan fingerprint density at radius 1 is 1.29 bits per heavy atom. The van der Waals surface area contributed by atoms with Crippen molar-refractivity contribution >= 4 is 23.5 Å². The number of methoxy groups -OCH3 is 1. The first-order chi connectivity index (χ1) is 11.6. The summed E-state index contributed by atoms with van der Waals surface area (Å²) in [6.07, 6.45) is 2.10. The first-order valence-corrected chi connectivity index (χ1v) is 7.95. The Morgan fingerprint density at radius 3 is 2.83 bits per heavy atom. The van der Waals surface area contributed by atoms with Crippen molar-refractivity contribution in [1.29, 1.82) is 0 Å². The van der Waals surface area contributed by atoms with E-state index in [0.717, 1.165) is 19.4 Å². The molecule has 1 aromatic carbocycles. The zero-order valence-corrected chi connectivity index (χ0v) is 13.7. The van der Waals surface area contributed by atoms with E-state index in [0.29, 0.717) is 17.8 Å². The lowest BCUT2D eigenvalue weighted by Crippen LogP contribution is -2.31. The number of carbonyl (C=O) groups is 3. The van der Waals surface area contributed by atoms with E-state index in [1.165, 1.54) is 7.11 Å². The summed E-state index contributed by atoms with van der Waals surface area (Å²) in [5.41, 5.74) is 0.966. The summed E-state index contributed by atoms with van der Waals surface area (Å²) < 4.78 is 9.95. The molecule has 24 heavy (non-hydrogen) atoms. The number of anilines is 1. The van der Waals surface area contributed by atoms with E-state index in [1.807, 2.05) is 0 Å². The topological polar surface area (TPSA) is 93.7 Å². The van der Waals surface area contributed by atoms with Crippen LogP contribution in [0.25, 0.3) is 0 Å². The molecule has 1 unspecified atom stereocenters. The van der Waals surface area contributed by atoms with Gasteiger partial charge < -0.3 is 20.1 Å². The van der Waals surface area contributed by atoms with Crippen LogP contribution in [0, 0.1) is 0 Å². The van der Waals surface area contributed by atoms with Gasteiger partial charge in [0.15, 0.2) is 0 Å². The van der Waals surface area contributed by atoms with Gasteiger partial charge in [-0.3, -0.25) is 14.4 Å². The van der Waals surface area contributed by atoms with Gasteiger partial charge in [0.1, 0.15) is 0 Å². The van der Waals surface area contributed by atoms with Gasteiger partial charge in [-0.15, -0.1) is 0 Å². The van der Waals surface area contributed by atoms with Gasteiger partial charge in [-0.25, -0.2) is 0 Å². The minimum Gasteiger partial charge on any atom is -0.469 e. The fraction of sp³-hybridized carbons (Fsp3) is 0.471. The van der Waals surface area contributed by atoms with E-state index in [-0.39, 0.29) is 30.8 Å². The van der Waals surface area contributed by atoms with Crippen LogP contribution in [0.5, 0.6) is 0 Å². The summed E-state index contributed by atoms with van der Waals surface area (Å²) >= 11 is 0. The van der Waals surface area contributed by atoms with E-state index >= 15 is 0 Å². The molecule has 0 saturated carbocycles. The molecule has 0 radical (unpaired) electrons. The van der Waals surface area contributed by atoms with Crippen LogP contribution in [0.3, 0.4) is 0 Å². The smallest absolute Gasteiger partial charge is 0.306 e. The van der Waals surface area contributed by atoms with Crippen molar-refractivity contribution in [2.75, 3.05) is 25.6 Å². The number of amides is 2. The quantitative estimate of drug-likeness (QED) is 0.737. The van der Waals surface area contributed by atoms with Gasteiger partial charge in [-0.1, -0.05) is 6.07 Å². The zero-order valence-electron chi connectivity index (χ0n) is 13.7. The van der Waals surface area contributed by atoms with Crippen molar-refractivity contribution < 1.29 is 23.9 Å². The Hall–Kier alpha value is -2.41. The summed E-state index contributed by atoms with van der Waals surface area (Å²) in [6.45, 7) is 1.22. The predicted molar refractivity (Wildman–Crippen MR) is 87.6 cm³/mol. The summed E-state index contributed by atoms with van der Waals surface area (Å²) in [7, 11) is 1.28. The number of esters is 1. The summed E-state index contributed by atoms with van der Waals surface area (Å²) in [6, 6.07) is 6.65. The third-order valence-electron chi connectivity index (χ3n) is 3.71. The van der Waals surface area contributed by atoms with Crippen LogP contribution in [0.4, 0.5) is 5.69 Å². The highest BCUT2D eigenvalue weighted by Gasteiger charge is 2.17. The third kappa shape index (κ3) is 5.66.